The Kier molecular flexibility index (Phi) is 6.96. The van der Waals surface area contributed by atoms with E-state index >= 15 is 0 Å². The Morgan fingerprint density at radius 2 is 1.97 bits per heavy atom. The molecule has 1 saturated heterocycles. The molecule has 1 unspecified atom stereocenters. The van der Waals surface area contributed by atoms with E-state index in [1.807, 2.05) is 13.8 Å². The molecule has 2 aliphatic rings. The molecule has 1 atom stereocenters. The minimum atomic E-state index is -4.51. The molecule has 0 saturated carbocycles. The van der Waals surface area contributed by atoms with Crippen molar-refractivity contribution in [3.63, 3.8) is 0 Å². The lowest BCUT2D eigenvalue weighted by Crippen LogP contribution is -2.46. The Morgan fingerprint density at radius 3 is 2.53 bits per heavy atom. The van der Waals surface area contributed by atoms with Gasteiger partial charge in [0.15, 0.2) is 11.5 Å². The zero-order valence-corrected chi connectivity index (χ0v) is 17.0. The fourth-order valence-electron chi connectivity index (χ4n) is 3.30. The molecular weight excluding hydrogens is 401 g/mol. The summed E-state index contributed by atoms with van der Waals surface area (Å²) >= 11 is 0. The number of likely N-dealkylation sites (tertiary alicyclic amines) is 1. The fraction of sp³-hybridized carbons (Fsp3) is 0.550. The highest BCUT2D eigenvalue weighted by molar-refractivity contribution is 5.99. The van der Waals surface area contributed by atoms with Crippen molar-refractivity contribution in [2.45, 2.75) is 45.0 Å². The highest BCUT2D eigenvalue weighted by Crippen LogP contribution is 2.27. The predicted molar refractivity (Wildman–Crippen MR) is 104 cm³/mol. The van der Waals surface area contributed by atoms with Crippen molar-refractivity contribution in [2.75, 3.05) is 26.3 Å². The lowest BCUT2D eigenvalue weighted by atomic mass is 10.0. The van der Waals surface area contributed by atoms with E-state index < -0.39 is 11.9 Å². The van der Waals surface area contributed by atoms with Crippen molar-refractivity contribution in [2.24, 2.45) is 4.99 Å². The third-order valence-corrected chi connectivity index (χ3v) is 5.04. The third-order valence-electron chi connectivity index (χ3n) is 5.04. The first kappa shape index (κ1) is 22.1. The Balaban J connectivity index is 1.56. The summed E-state index contributed by atoms with van der Waals surface area (Å²) in [6, 6.07) is 0.0140. The van der Waals surface area contributed by atoms with Gasteiger partial charge < -0.3 is 14.2 Å². The van der Waals surface area contributed by atoms with Crippen LogP contribution in [0.3, 0.4) is 0 Å². The first-order valence-electron chi connectivity index (χ1n) is 9.75. The number of ether oxygens (including phenoxy) is 3. The van der Waals surface area contributed by atoms with Gasteiger partial charge in [0, 0.05) is 19.1 Å². The molecule has 0 bridgehead atoms. The normalized spacial score (nSPS) is 20.4. The average Bonchev–Trinajstić information content (AvgIpc) is 2.73. The molecule has 30 heavy (non-hydrogen) atoms. The summed E-state index contributed by atoms with van der Waals surface area (Å²) in [5.74, 6) is 1.22. The Morgan fingerprint density at radius 1 is 1.27 bits per heavy atom. The topological polar surface area (TPSA) is 69.1 Å². The van der Waals surface area contributed by atoms with Crippen LogP contribution in [0.1, 0.15) is 32.4 Å². The minimum Gasteiger partial charge on any atom is -0.489 e. The van der Waals surface area contributed by atoms with Gasteiger partial charge >= 0.3 is 6.18 Å². The molecule has 2 aliphatic heterocycles. The van der Waals surface area contributed by atoms with Gasteiger partial charge in [-0.05, 0) is 32.8 Å². The minimum absolute atomic E-state index is 0.0140. The molecule has 0 spiro atoms. The van der Waals surface area contributed by atoms with Gasteiger partial charge in [0.2, 0.25) is 5.88 Å². The van der Waals surface area contributed by atoms with Crippen LogP contribution in [-0.4, -0.2) is 59.0 Å². The van der Waals surface area contributed by atoms with Gasteiger partial charge in [0.1, 0.15) is 19.3 Å². The average molecular weight is 426 g/mol. The van der Waals surface area contributed by atoms with E-state index in [1.165, 1.54) is 0 Å². The number of alkyl halides is 3. The van der Waals surface area contributed by atoms with Gasteiger partial charge in [-0.25, -0.2) is 15.0 Å². The Labute approximate surface area is 173 Å². The first-order valence-corrected chi connectivity index (χ1v) is 9.75. The molecule has 1 fully saturated rings. The summed E-state index contributed by atoms with van der Waals surface area (Å²) in [7, 11) is 0. The molecule has 3 rings (SSSR count). The molecule has 1 aromatic heterocycles. The van der Waals surface area contributed by atoms with E-state index in [0.29, 0.717) is 43.9 Å². The largest absolute Gasteiger partial charge is 0.489 e. The van der Waals surface area contributed by atoms with Gasteiger partial charge in [0.05, 0.1) is 18.1 Å². The summed E-state index contributed by atoms with van der Waals surface area (Å²) in [6.45, 7) is 10.2. The standard InChI is InChI=1S/C20H25F3N4O3/c1-4-16(26-19-14(3)28-9-10-29-19)13(2)27-7-5-15(6-8-27)30-18-12-24-17(11-25-18)20(21,22)23/h4,11-13,15H,1,5-10H2,2-3H3/b26-16+. The number of nitrogens with zero attached hydrogens (tertiary/aromatic N) is 4. The Bertz CT molecular complexity index is 801. The molecule has 164 valence electrons. The molecule has 0 radical (unpaired) electrons. The van der Waals surface area contributed by atoms with Crippen LogP contribution in [0.15, 0.2) is 41.7 Å². The predicted octanol–water partition coefficient (Wildman–Crippen LogP) is 3.59. The van der Waals surface area contributed by atoms with Gasteiger partial charge in [-0.1, -0.05) is 6.58 Å². The second-order valence-electron chi connectivity index (χ2n) is 7.07. The van der Waals surface area contributed by atoms with E-state index in [4.69, 9.17) is 14.2 Å². The van der Waals surface area contributed by atoms with Crippen molar-refractivity contribution in [1.82, 2.24) is 14.9 Å². The second-order valence-corrected chi connectivity index (χ2v) is 7.07. The van der Waals surface area contributed by atoms with Crippen molar-refractivity contribution in [3.05, 3.63) is 42.4 Å². The van der Waals surface area contributed by atoms with Crippen LogP contribution in [-0.2, 0) is 15.7 Å². The number of halogens is 3. The molecule has 3 heterocycles. The number of piperidine rings is 1. The van der Waals surface area contributed by atoms with Crippen LogP contribution in [0.25, 0.3) is 0 Å². The van der Waals surface area contributed by atoms with E-state index in [-0.39, 0.29) is 18.0 Å². The highest BCUT2D eigenvalue weighted by atomic mass is 19.4. The molecule has 0 aromatic carbocycles. The maximum absolute atomic E-state index is 12.6. The van der Waals surface area contributed by atoms with Gasteiger partial charge in [-0.15, -0.1) is 0 Å². The quantitative estimate of drug-likeness (QED) is 0.648. The SMILES string of the molecule is C=C/C(=N\C1=C(C)OCCO1)C(C)N1CCC(Oc2cnc(C(F)(F)F)cn2)CC1. The zero-order valence-electron chi connectivity index (χ0n) is 17.0. The number of hydrogen-bond donors (Lipinski definition) is 0. The summed E-state index contributed by atoms with van der Waals surface area (Å²) in [4.78, 5) is 13.9. The lowest BCUT2D eigenvalue weighted by molar-refractivity contribution is -0.141. The van der Waals surface area contributed by atoms with Crippen LogP contribution in [0, 0.1) is 0 Å². The molecule has 0 N–H and O–H groups in total. The van der Waals surface area contributed by atoms with Crippen molar-refractivity contribution >= 4 is 5.71 Å². The number of aliphatic imine (C=N–C) groups is 1. The molecule has 0 amide bonds. The van der Waals surface area contributed by atoms with Crippen LogP contribution in [0.2, 0.25) is 0 Å². The van der Waals surface area contributed by atoms with Crippen LogP contribution in [0.4, 0.5) is 13.2 Å². The van der Waals surface area contributed by atoms with E-state index in [2.05, 4.69) is 26.4 Å². The summed E-state index contributed by atoms with van der Waals surface area (Å²) < 4.78 is 54.5. The fourth-order valence-corrected chi connectivity index (χ4v) is 3.30. The smallest absolute Gasteiger partial charge is 0.434 e. The van der Waals surface area contributed by atoms with Gasteiger partial charge in [0.25, 0.3) is 5.88 Å². The molecule has 10 heteroatoms. The first-order chi connectivity index (χ1) is 14.3. The maximum Gasteiger partial charge on any atom is 0.434 e. The summed E-state index contributed by atoms with van der Waals surface area (Å²) in [5.41, 5.74) is -0.254. The molecule has 0 aliphatic carbocycles. The third kappa shape index (κ3) is 5.50. The molecule has 1 aromatic rings. The van der Waals surface area contributed by atoms with Crippen LogP contribution >= 0.6 is 0 Å². The van der Waals surface area contributed by atoms with Crippen molar-refractivity contribution < 1.29 is 27.4 Å². The second kappa shape index (κ2) is 9.46. The number of hydrogen-bond acceptors (Lipinski definition) is 7. The monoisotopic (exact) mass is 426 g/mol. The van der Waals surface area contributed by atoms with E-state index in [0.717, 1.165) is 25.0 Å². The summed E-state index contributed by atoms with van der Waals surface area (Å²) in [6.07, 6.45) is 0.181. The Hall–Kier alpha value is -2.62. The lowest BCUT2D eigenvalue weighted by Gasteiger charge is -2.36. The summed E-state index contributed by atoms with van der Waals surface area (Å²) in [5, 5.41) is 0. The maximum atomic E-state index is 12.6. The van der Waals surface area contributed by atoms with Gasteiger partial charge in [-0.2, -0.15) is 13.2 Å². The van der Waals surface area contributed by atoms with Crippen molar-refractivity contribution in [1.29, 1.82) is 0 Å². The molecular formula is C20H25F3N4O3. The van der Waals surface area contributed by atoms with Crippen LogP contribution < -0.4 is 4.74 Å². The molecule has 7 nitrogen and oxygen atoms in total. The van der Waals surface area contributed by atoms with Crippen LogP contribution in [0.5, 0.6) is 5.88 Å². The van der Waals surface area contributed by atoms with E-state index in [1.54, 1.807) is 6.08 Å². The number of aromatic nitrogens is 2. The highest BCUT2D eigenvalue weighted by Gasteiger charge is 2.33. The van der Waals surface area contributed by atoms with Crippen molar-refractivity contribution in [3.8, 4) is 5.88 Å². The number of allylic oxidation sites excluding steroid dienone is 1. The van der Waals surface area contributed by atoms with E-state index in [9.17, 15) is 13.2 Å². The zero-order chi connectivity index (χ0) is 21.7. The van der Waals surface area contributed by atoms with Gasteiger partial charge in [-0.3, -0.25) is 4.90 Å². The number of rotatable bonds is 6.